The van der Waals surface area contributed by atoms with Crippen molar-refractivity contribution in [2.75, 3.05) is 0 Å². The number of carboxylic acids is 1. The first-order chi connectivity index (χ1) is 8.59. The van der Waals surface area contributed by atoms with Gasteiger partial charge in [0.1, 0.15) is 0 Å². The molecule has 0 saturated carbocycles. The molecular formula is C13H18N2O3. The number of hydrogen-bond donors (Lipinski definition) is 2. The van der Waals surface area contributed by atoms with Crippen LogP contribution in [-0.2, 0) is 9.59 Å². The van der Waals surface area contributed by atoms with E-state index in [0.29, 0.717) is 19.3 Å². The highest BCUT2D eigenvalue weighted by molar-refractivity contribution is 5.76. The summed E-state index contributed by atoms with van der Waals surface area (Å²) >= 11 is 0. The maximum atomic E-state index is 11.6. The molecule has 5 nitrogen and oxygen atoms in total. The average Bonchev–Trinajstić information content (AvgIpc) is 2.35. The van der Waals surface area contributed by atoms with Crippen molar-refractivity contribution >= 4 is 11.9 Å². The van der Waals surface area contributed by atoms with Crippen LogP contribution < -0.4 is 5.32 Å². The fourth-order valence-electron chi connectivity index (χ4n) is 1.61. The van der Waals surface area contributed by atoms with Gasteiger partial charge in [0.25, 0.3) is 0 Å². The third-order valence-electron chi connectivity index (χ3n) is 2.63. The monoisotopic (exact) mass is 250 g/mol. The molecule has 1 atom stereocenters. The van der Waals surface area contributed by atoms with Crippen LogP contribution in [0.1, 0.15) is 44.2 Å². The summed E-state index contributed by atoms with van der Waals surface area (Å²) in [5.41, 5.74) is 1.00. The van der Waals surface area contributed by atoms with E-state index in [2.05, 4.69) is 10.3 Å². The Hall–Kier alpha value is -1.91. The summed E-state index contributed by atoms with van der Waals surface area (Å²) in [6, 6.07) is 3.66. The number of aromatic nitrogens is 1. The molecule has 0 bridgehead atoms. The Balaban J connectivity index is 2.26. The van der Waals surface area contributed by atoms with E-state index < -0.39 is 5.97 Å². The van der Waals surface area contributed by atoms with Crippen LogP contribution in [0.2, 0.25) is 0 Å². The van der Waals surface area contributed by atoms with Crippen LogP contribution in [-0.4, -0.2) is 22.0 Å². The minimum absolute atomic E-state index is 0.0512. The van der Waals surface area contributed by atoms with Gasteiger partial charge >= 0.3 is 5.97 Å². The van der Waals surface area contributed by atoms with Crippen LogP contribution >= 0.6 is 0 Å². The quantitative estimate of drug-likeness (QED) is 0.724. The zero-order valence-electron chi connectivity index (χ0n) is 10.4. The molecule has 1 rings (SSSR count). The Labute approximate surface area is 106 Å². The number of nitrogens with one attached hydrogen (secondary N) is 1. The first-order valence-corrected chi connectivity index (χ1v) is 6.00. The molecule has 0 aliphatic rings. The van der Waals surface area contributed by atoms with Gasteiger partial charge in [0.05, 0.1) is 6.04 Å². The van der Waals surface area contributed by atoms with Crippen molar-refractivity contribution < 1.29 is 14.7 Å². The number of rotatable bonds is 7. The topological polar surface area (TPSA) is 79.3 Å². The predicted molar refractivity (Wildman–Crippen MR) is 66.9 cm³/mol. The molecular weight excluding hydrogens is 232 g/mol. The summed E-state index contributed by atoms with van der Waals surface area (Å²) in [5.74, 6) is -0.870. The van der Waals surface area contributed by atoms with E-state index in [1.807, 2.05) is 19.1 Å². The van der Waals surface area contributed by atoms with Gasteiger partial charge in [0.15, 0.2) is 0 Å². The molecule has 1 heterocycles. The Bertz CT molecular complexity index is 392. The highest BCUT2D eigenvalue weighted by atomic mass is 16.4. The number of hydrogen-bond acceptors (Lipinski definition) is 3. The molecule has 98 valence electrons. The minimum atomic E-state index is -0.819. The summed E-state index contributed by atoms with van der Waals surface area (Å²) in [6.45, 7) is 1.91. The second-order valence-electron chi connectivity index (χ2n) is 4.17. The Morgan fingerprint density at radius 2 is 1.89 bits per heavy atom. The number of carbonyl (C=O) groups excluding carboxylic acids is 1. The van der Waals surface area contributed by atoms with Gasteiger partial charge in [-0.3, -0.25) is 14.6 Å². The standard InChI is InChI=1S/C13H18N2O3/c1-10(11-6-8-14-9-7-11)15-12(16)4-2-3-5-13(17)18/h6-10H,2-5H2,1H3,(H,15,16)(H,17,18)/t10-/m0/s1. The van der Waals surface area contributed by atoms with Gasteiger partial charge < -0.3 is 10.4 Å². The van der Waals surface area contributed by atoms with E-state index in [1.165, 1.54) is 0 Å². The average molecular weight is 250 g/mol. The van der Waals surface area contributed by atoms with Gasteiger partial charge in [0, 0.05) is 25.2 Å². The largest absolute Gasteiger partial charge is 0.481 e. The molecule has 0 radical (unpaired) electrons. The molecule has 1 aromatic rings. The van der Waals surface area contributed by atoms with Crippen molar-refractivity contribution in [2.24, 2.45) is 0 Å². The molecule has 1 aromatic heterocycles. The number of carbonyl (C=O) groups is 2. The van der Waals surface area contributed by atoms with Crippen LogP contribution in [0.5, 0.6) is 0 Å². The van der Waals surface area contributed by atoms with Crippen molar-refractivity contribution in [1.29, 1.82) is 0 Å². The first kappa shape index (κ1) is 14.2. The molecule has 0 fully saturated rings. The van der Waals surface area contributed by atoms with E-state index in [9.17, 15) is 9.59 Å². The molecule has 5 heteroatoms. The van der Waals surface area contributed by atoms with Gasteiger partial charge in [-0.25, -0.2) is 0 Å². The fraction of sp³-hybridized carbons (Fsp3) is 0.462. The first-order valence-electron chi connectivity index (χ1n) is 6.00. The highest BCUT2D eigenvalue weighted by Gasteiger charge is 2.09. The number of aliphatic carboxylic acids is 1. The van der Waals surface area contributed by atoms with Crippen LogP contribution in [0.4, 0.5) is 0 Å². The number of unbranched alkanes of at least 4 members (excludes halogenated alkanes) is 1. The van der Waals surface area contributed by atoms with Crippen molar-refractivity contribution in [2.45, 2.75) is 38.6 Å². The highest BCUT2D eigenvalue weighted by Crippen LogP contribution is 2.10. The summed E-state index contributed by atoms with van der Waals surface area (Å²) in [7, 11) is 0. The molecule has 0 unspecified atom stereocenters. The van der Waals surface area contributed by atoms with E-state index in [-0.39, 0.29) is 18.4 Å². The summed E-state index contributed by atoms with van der Waals surface area (Å²) < 4.78 is 0. The van der Waals surface area contributed by atoms with E-state index in [1.54, 1.807) is 12.4 Å². The molecule has 0 aliphatic carbocycles. The summed E-state index contributed by atoms with van der Waals surface area (Å²) in [5, 5.41) is 11.3. The van der Waals surface area contributed by atoms with Gasteiger partial charge in [0.2, 0.25) is 5.91 Å². The van der Waals surface area contributed by atoms with Crippen molar-refractivity contribution in [1.82, 2.24) is 10.3 Å². The maximum absolute atomic E-state index is 11.6. The van der Waals surface area contributed by atoms with Crippen LogP contribution in [0.15, 0.2) is 24.5 Å². The zero-order valence-corrected chi connectivity index (χ0v) is 10.4. The second-order valence-corrected chi connectivity index (χ2v) is 4.17. The molecule has 0 aliphatic heterocycles. The lowest BCUT2D eigenvalue weighted by Crippen LogP contribution is -2.26. The van der Waals surface area contributed by atoms with Crippen molar-refractivity contribution in [3.05, 3.63) is 30.1 Å². The van der Waals surface area contributed by atoms with Crippen molar-refractivity contribution in [3.63, 3.8) is 0 Å². The van der Waals surface area contributed by atoms with Crippen LogP contribution in [0, 0.1) is 0 Å². The predicted octanol–water partition coefficient (Wildman–Crippen LogP) is 1.90. The molecule has 18 heavy (non-hydrogen) atoms. The van der Waals surface area contributed by atoms with Crippen LogP contribution in [0.3, 0.4) is 0 Å². The van der Waals surface area contributed by atoms with Gasteiger partial charge in [-0.2, -0.15) is 0 Å². The summed E-state index contributed by atoms with van der Waals surface area (Å²) in [4.78, 5) is 25.8. The Kier molecular flexibility index (Phi) is 5.84. The number of carboxylic acid groups (broad SMARTS) is 1. The molecule has 2 N–H and O–H groups in total. The second kappa shape index (κ2) is 7.42. The third kappa shape index (κ3) is 5.43. The number of pyridine rings is 1. The van der Waals surface area contributed by atoms with Crippen LogP contribution in [0.25, 0.3) is 0 Å². The fourth-order valence-corrected chi connectivity index (χ4v) is 1.61. The lowest BCUT2D eigenvalue weighted by Gasteiger charge is -2.13. The molecule has 1 amide bonds. The smallest absolute Gasteiger partial charge is 0.303 e. The summed E-state index contributed by atoms with van der Waals surface area (Å²) in [6.07, 6.45) is 4.99. The minimum Gasteiger partial charge on any atom is -0.481 e. The Morgan fingerprint density at radius 1 is 1.28 bits per heavy atom. The van der Waals surface area contributed by atoms with E-state index in [0.717, 1.165) is 5.56 Å². The molecule has 0 aromatic carbocycles. The normalized spacial score (nSPS) is 11.8. The lowest BCUT2D eigenvalue weighted by atomic mass is 10.1. The van der Waals surface area contributed by atoms with Gasteiger partial charge in [-0.1, -0.05) is 0 Å². The van der Waals surface area contributed by atoms with E-state index in [4.69, 9.17) is 5.11 Å². The maximum Gasteiger partial charge on any atom is 0.303 e. The van der Waals surface area contributed by atoms with E-state index >= 15 is 0 Å². The third-order valence-corrected chi connectivity index (χ3v) is 2.63. The lowest BCUT2D eigenvalue weighted by molar-refractivity contribution is -0.137. The molecule has 0 spiro atoms. The number of amides is 1. The molecule has 0 saturated heterocycles. The number of nitrogens with zero attached hydrogens (tertiary/aromatic N) is 1. The zero-order chi connectivity index (χ0) is 13.4. The SMILES string of the molecule is C[C@H](NC(=O)CCCCC(=O)O)c1ccncc1. The van der Waals surface area contributed by atoms with Gasteiger partial charge in [-0.15, -0.1) is 0 Å². The van der Waals surface area contributed by atoms with Gasteiger partial charge in [-0.05, 0) is 37.5 Å². The van der Waals surface area contributed by atoms with Crippen molar-refractivity contribution in [3.8, 4) is 0 Å². The Morgan fingerprint density at radius 3 is 2.50 bits per heavy atom.